The first-order valence-corrected chi connectivity index (χ1v) is 10.8. The monoisotopic (exact) mass is 486 g/mol. The van der Waals surface area contributed by atoms with Gasteiger partial charge in [0.2, 0.25) is 0 Å². The molecular weight excluding hydrogens is 452 g/mol. The first-order chi connectivity index (χ1) is 15.5. The minimum atomic E-state index is -1.77. The van der Waals surface area contributed by atoms with E-state index in [9.17, 15) is 46.0 Å². The van der Waals surface area contributed by atoms with Crippen LogP contribution < -0.4 is 0 Å². The Labute approximate surface area is 189 Å². The van der Waals surface area contributed by atoms with E-state index in [0.29, 0.717) is 0 Å². The summed E-state index contributed by atoms with van der Waals surface area (Å²) < 4.78 is 27.8. The fourth-order valence-corrected chi connectivity index (χ4v) is 4.22. The van der Waals surface area contributed by atoms with Gasteiger partial charge in [0.25, 0.3) is 0 Å². The molecule has 15 atom stereocenters. The van der Waals surface area contributed by atoms with E-state index in [0.717, 1.165) is 0 Å². The highest BCUT2D eigenvalue weighted by atomic mass is 16.7. The molecule has 14 nitrogen and oxygen atoms in total. The number of aliphatic hydroxyl groups excluding tert-OH is 9. The highest BCUT2D eigenvalue weighted by Gasteiger charge is 2.52. The minimum absolute atomic E-state index is 0.600. The Kier molecular flexibility index (Phi) is 9.02. The van der Waals surface area contributed by atoms with E-state index in [2.05, 4.69) is 0 Å². The summed E-state index contributed by atoms with van der Waals surface area (Å²) in [7, 11) is 0. The highest BCUT2D eigenvalue weighted by Crippen LogP contribution is 2.33. The van der Waals surface area contributed by atoms with E-state index < -0.39 is 105 Å². The zero-order valence-corrected chi connectivity index (χ0v) is 18.1. The van der Waals surface area contributed by atoms with E-state index in [1.165, 1.54) is 13.8 Å². The molecule has 3 aliphatic heterocycles. The molecule has 3 aliphatic rings. The maximum Gasteiger partial charge on any atom is 0.187 e. The third-order valence-corrected chi connectivity index (χ3v) is 6.31. The second-order valence-corrected chi connectivity index (χ2v) is 8.63. The van der Waals surface area contributed by atoms with Crippen LogP contribution >= 0.6 is 0 Å². The number of rotatable bonds is 6. The zero-order chi connectivity index (χ0) is 24.6. The molecule has 0 aromatic carbocycles. The number of aliphatic hydroxyl groups is 9. The molecule has 3 fully saturated rings. The molecule has 0 amide bonds. The van der Waals surface area contributed by atoms with Crippen molar-refractivity contribution in [3.8, 4) is 0 Å². The van der Waals surface area contributed by atoms with Crippen molar-refractivity contribution in [1.82, 2.24) is 0 Å². The van der Waals surface area contributed by atoms with Crippen LogP contribution in [0.25, 0.3) is 0 Å². The van der Waals surface area contributed by atoms with Crippen molar-refractivity contribution >= 4 is 0 Å². The maximum absolute atomic E-state index is 10.7. The lowest BCUT2D eigenvalue weighted by atomic mass is 9.94. The van der Waals surface area contributed by atoms with Gasteiger partial charge in [0.1, 0.15) is 67.1 Å². The van der Waals surface area contributed by atoms with Crippen LogP contribution in [0.4, 0.5) is 0 Å². The molecule has 0 aliphatic carbocycles. The normalized spacial score (nSPS) is 53.7. The number of hydrogen-bond donors (Lipinski definition) is 9. The third kappa shape index (κ3) is 5.34. The van der Waals surface area contributed by atoms with Gasteiger partial charge in [0, 0.05) is 0 Å². The van der Waals surface area contributed by atoms with Crippen LogP contribution in [-0.2, 0) is 23.7 Å². The lowest BCUT2D eigenvalue weighted by molar-refractivity contribution is -0.368. The van der Waals surface area contributed by atoms with Crippen molar-refractivity contribution in [3.05, 3.63) is 0 Å². The predicted octanol–water partition coefficient (Wildman–Crippen LogP) is -5.48. The minimum Gasteiger partial charge on any atom is -0.394 e. The van der Waals surface area contributed by atoms with Crippen LogP contribution in [0.2, 0.25) is 0 Å². The largest absolute Gasteiger partial charge is 0.394 e. The molecule has 3 rings (SSSR count). The molecule has 0 spiro atoms. The van der Waals surface area contributed by atoms with Crippen LogP contribution in [-0.4, -0.2) is 151 Å². The standard InChI is InChI=1S/C19H34O14/c1-5-9(22)12(25)14(27)18(30-5)32-16-6(2)29-8(4-21)11(24)17(16)33-19-15(28)13(26)10(23)7(3-20)31-19/h5-28H,3-4H2,1-2H3. The van der Waals surface area contributed by atoms with E-state index >= 15 is 0 Å². The van der Waals surface area contributed by atoms with E-state index in [-0.39, 0.29) is 0 Å². The molecule has 3 saturated heterocycles. The second-order valence-electron chi connectivity index (χ2n) is 8.63. The Hall–Kier alpha value is -0.560. The summed E-state index contributed by atoms with van der Waals surface area (Å²) >= 11 is 0. The molecule has 14 heteroatoms. The van der Waals surface area contributed by atoms with Gasteiger partial charge in [-0.25, -0.2) is 0 Å². The SMILES string of the molecule is CC1OC(OC2C(C)OC(CO)C(O)C2OC2OC(CO)C(O)C(O)C2O)C(O)C(O)C1O. The average molecular weight is 486 g/mol. The number of ether oxygens (including phenoxy) is 5. The van der Waals surface area contributed by atoms with Crippen LogP contribution in [0.3, 0.4) is 0 Å². The van der Waals surface area contributed by atoms with Crippen molar-refractivity contribution in [2.45, 2.75) is 106 Å². The molecule has 194 valence electrons. The first-order valence-electron chi connectivity index (χ1n) is 10.8. The lowest BCUT2D eigenvalue weighted by Crippen LogP contribution is -2.66. The Balaban J connectivity index is 1.82. The Bertz CT molecular complexity index is 623. The van der Waals surface area contributed by atoms with Gasteiger partial charge in [-0.05, 0) is 13.8 Å². The average Bonchev–Trinajstić information content (AvgIpc) is 2.79. The summed E-state index contributed by atoms with van der Waals surface area (Å²) in [5.74, 6) is 0. The van der Waals surface area contributed by atoms with E-state index in [1.54, 1.807) is 0 Å². The zero-order valence-electron chi connectivity index (χ0n) is 18.1. The molecular formula is C19H34O14. The Morgan fingerprint density at radius 3 is 1.58 bits per heavy atom. The summed E-state index contributed by atoms with van der Waals surface area (Å²) in [5, 5.41) is 90.2. The molecule has 9 N–H and O–H groups in total. The Morgan fingerprint density at radius 2 is 1.00 bits per heavy atom. The van der Waals surface area contributed by atoms with Crippen molar-refractivity contribution in [3.63, 3.8) is 0 Å². The summed E-state index contributed by atoms with van der Waals surface area (Å²) in [5.41, 5.74) is 0. The highest BCUT2D eigenvalue weighted by molar-refractivity contribution is 4.97. The maximum atomic E-state index is 10.7. The molecule has 33 heavy (non-hydrogen) atoms. The van der Waals surface area contributed by atoms with Crippen LogP contribution in [0, 0.1) is 0 Å². The summed E-state index contributed by atoms with van der Waals surface area (Å²) in [4.78, 5) is 0. The smallest absolute Gasteiger partial charge is 0.187 e. The van der Waals surface area contributed by atoms with Gasteiger partial charge < -0.3 is 69.6 Å². The van der Waals surface area contributed by atoms with Gasteiger partial charge in [-0.3, -0.25) is 0 Å². The lowest BCUT2D eigenvalue weighted by Gasteiger charge is -2.48. The van der Waals surface area contributed by atoms with Gasteiger partial charge in [-0.1, -0.05) is 0 Å². The van der Waals surface area contributed by atoms with Crippen molar-refractivity contribution in [1.29, 1.82) is 0 Å². The van der Waals surface area contributed by atoms with Crippen LogP contribution in [0.5, 0.6) is 0 Å². The third-order valence-electron chi connectivity index (χ3n) is 6.31. The molecule has 0 bridgehead atoms. The van der Waals surface area contributed by atoms with Crippen molar-refractivity contribution in [2.75, 3.05) is 13.2 Å². The summed E-state index contributed by atoms with van der Waals surface area (Å²) in [6, 6.07) is 0. The molecule has 0 aromatic rings. The van der Waals surface area contributed by atoms with Gasteiger partial charge in [0.05, 0.1) is 25.4 Å². The fourth-order valence-electron chi connectivity index (χ4n) is 4.22. The quantitative estimate of drug-likeness (QED) is 0.171. The second kappa shape index (κ2) is 11.0. The molecule has 0 aromatic heterocycles. The molecule has 0 radical (unpaired) electrons. The van der Waals surface area contributed by atoms with Gasteiger partial charge >= 0.3 is 0 Å². The van der Waals surface area contributed by atoms with Gasteiger partial charge in [-0.2, -0.15) is 0 Å². The Morgan fingerprint density at radius 1 is 0.515 bits per heavy atom. The van der Waals surface area contributed by atoms with E-state index in [1.807, 2.05) is 0 Å². The van der Waals surface area contributed by atoms with Gasteiger partial charge in [-0.15, -0.1) is 0 Å². The van der Waals surface area contributed by atoms with E-state index in [4.69, 9.17) is 23.7 Å². The number of hydrogen-bond acceptors (Lipinski definition) is 14. The first kappa shape index (κ1) is 27.0. The predicted molar refractivity (Wildman–Crippen MR) is 103 cm³/mol. The van der Waals surface area contributed by atoms with Crippen LogP contribution in [0.1, 0.15) is 13.8 Å². The summed E-state index contributed by atoms with van der Waals surface area (Å²) in [6.07, 6.45) is -21.2. The molecule has 0 saturated carbocycles. The van der Waals surface area contributed by atoms with Crippen LogP contribution in [0.15, 0.2) is 0 Å². The van der Waals surface area contributed by atoms with Crippen molar-refractivity contribution < 1.29 is 69.6 Å². The fraction of sp³-hybridized carbons (Fsp3) is 1.00. The molecule has 3 heterocycles. The molecule has 15 unspecified atom stereocenters. The van der Waals surface area contributed by atoms with Crippen molar-refractivity contribution in [2.24, 2.45) is 0 Å². The summed E-state index contributed by atoms with van der Waals surface area (Å²) in [6.45, 7) is 1.68. The topological polar surface area (TPSA) is 228 Å². The van der Waals surface area contributed by atoms with Gasteiger partial charge in [0.15, 0.2) is 12.6 Å².